The molecule has 0 spiro atoms. The Morgan fingerprint density at radius 3 is 2.41 bits per heavy atom. The lowest BCUT2D eigenvalue weighted by Gasteiger charge is -2.15. The summed E-state index contributed by atoms with van der Waals surface area (Å²) in [4.78, 5) is 0. The maximum Gasteiger partial charge on any atom is 0.126 e. The van der Waals surface area contributed by atoms with Gasteiger partial charge in [0.2, 0.25) is 0 Å². The smallest absolute Gasteiger partial charge is 0.126 e. The molecule has 1 aliphatic rings. The molecule has 0 saturated heterocycles. The lowest BCUT2D eigenvalue weighted by atomic mass is 9.96. The maximum absolute atomic E-state index is 13.1. The Bertz CT molecular complexity index is 354. The summed E-state index contributed by atoms with van der Waals surface area (Å²) in [5.74, 6) is -0.508. The molecule has 0 amide bonds. The summed E-state index contributed by atoms with van der Waals surface area (Å²) in [5, 5.41) is 3.47. The molecule has 0 bridgehead atoms. The molecule has 1 aliphatic carbocycles. The average molecular weight is 239 g/mol. The molecular weight excluding hydrogens is 220 g/mol. The SMILES string of the molecule is CCC(CNC1CC1)Cc1cc(F)cc(F)c1. The summed E-state index contributed by atoms with van der Waals surface area (Å²) in [5.41, 5.74) is 0.756. The van der Waals surface area contributed by atoms with Crippen LogP contribution in [0.15, 0.2) is 18.2 Å². The average Bonchev–Trinajstić information content (AvgIpc) is 3.06. The van der Waals surface area contributed by atoms with Crippen molar-refractivity contribution in [1.29, 1.82) is 0 Å². The Balaban J connectivity index is 1.91. The van der Waals surface area contributed by atoms with Gasteiger partial charge in [0.25, 0.3) is 0 Å². The zero-order chi connectivity index (χ0) is 12.3. The molecule has 94 valence electrons. The van der Waals surface area contributed by atoms with E-state index in [9.17, 15) is 8.78 Å². The molecule has 1 aromatic rings. The summed E-state index contributed by atoms with van der Waals surface area (Å²) >= 11 is 0. The van der Waals surface area contributed by atoms with Crippen LogP contribution >= 0.6 is 0 Å². The Morgan fingerprint density at radius 1 is 1.24 bits per heavy atom. The first kappa shape index (κ1) is 12.5. The van der Waals surface area contributed by atoms with Gasteiger partial charge in [0.1, 0.15) is 11.6 Å². The molecular formula is C14H19F2N. The van der Waals surface area contributed by atoms with Crippen molar-refractivity contribution in [3.8, 4) is 0 Å². The largest absolute Gasteiger partial charge is 0.314 e. The van der Waals surface area contributed by atoms with Crippen LogP contribution in [0.2, 0.25) is 0 Å². The molecule has 1 nitrogen and oxygen atoms in total. The zero-order valence-corrected chi connectivity index (χ0v) is 10.2. The summed E-state index contributed by atoms with van der Waals surface area (Å²) in [6.07, 6.45) is 4.30. The standard InChI is InChI=1S/C14H19F2N/c1-2-10(9-17-14-3-4-14)5-11-6-12(15)8-13(16)7-11/h6-8,10,14,17H,2-5,9H2,1H3. The van der Waals surface area contributed by atoms with Crippen molar-refractivity contribution >= 4 is 0 Å². The number of rotatable bonds is 6. The molecule has 1 saturated carbocycles. The highest BCUT2D eigenvalue weighted by atomic mass is 19.1. The van der Waals surface area contributed by atoms with Crippen LogP contribution in [0.5, 0.6) is 0 Å². The van der Waals surface area contributed by atoms with Gasteiger partial charge in [0.05, 0.1) is 0 Å². The van der Waals surface area contributed by atoms with Gasteiger partial charge in [-0.2, -0.15) is 0 Å². The van der Waals surface area contributed by atoms with Gasteiger partial charge < -0.3 is 5.32 Å². The lowest BCUT2D eigenvalue weighted by molar-refractivity contribution is 0.456. The fourth-order valence-corrected chi connectivity index (χ4v) is 2.04. The summed E-state index contributed by atoms with van der Waals surface area (Å²) in [6, 6.07) is 4.48. The van der Waals surface area contributed by atoms with Crippen molar-refractivity contribution in [1.82, 2.24) is 5.32 Å². The van der Waals surface area contributed by atoms with E-state index in [4.69, 9.17) is 0 Å². The second kappa shape index (κ2) is 5.58. The van der Waals surface area contributed by atoms with Crippen molar-refractivity contribution in [2.75, 3.05) is 6.54 Å². The Labute approximate surface area is 101 Å². The molecule has 1 N–H and O–H groups in total. The number of benzene rings is 1. The third kappa shape index (κ3) is 4.08. The minimum Gasteiger partial charge on any atom is -0.314 e. The molecule has 17 heavy (non-hydrogen) atoms. The lowest BCUT2D eigenvalue weighted by Crippen LogP contribution is -2.25. The number of halogens is 2. The van der Waals surface area contributed by atoms with E-state index >= 15 is 0 Å². The first-order chi connectivity index (χ1) is 8.17. The van der Waals surface area contributed by atoms with E-state index in [1.54, 1.807) is 0 Å². The number of hydrogen-bond donors (Lipinski definition) is 1. The molecule has 1 unspecified atom stereocenters. The first-order valence-electron chi connectivity index (χ1n) is 6.35. The van der Waals surface area contributed by atoms with E-state index in [0.29, 0.717) is 12.0 Å². The summed E-state index contributed by atoms with van der Waals surface area (Å²) in [6.45, 7) is 3.06. The van der Waals surface area contributed by atoms with Crippen molar-refractivity contribution < 1.29 is 8.78 Å². The van der Waals surface area contributed by atoms with Crippen LogP contribution in [0.1, 0.15) is 31.7 Å². The third-order valence-electron chi connectivity index (χ3n) is 3.30. The Hall–Kier alpha value is -0.960. The summed E-state index contributed by atoms with van der Waals surface area (Å²) in [7, 11) is 0. The van der Waals surface area contributed by atoms with Gasteiger partial charge in [-0.25, -0.2) is 8.78 Å². The summed E-state index contributed by atoms with van der Waals surface area (Å²) < 4.78 is 26.1. The van der Waals surface area contributed by atoms with E-state index in [-0.39, 0.29) is 0 Å². The fourth-order valence-electron chi connectivity index (χ4n) is 2.04. The normalized spacial score (nSPS) is 17.1. The van der Waals surface area contributed by atoms with Gasteiger partial charge in [-0.15, -0.1) is 0 Å². The molecule has 0 radical (unpaired) electrons. The third-order valence-corrected chi connectivity index (χ3v) is 3.30. The molecule has 0 aliphatic heterocycles. The minimum atomic E-state index is -0.481. The zero-order valence-electron chi connectivity index (χ0n) is 10.2. The Kier molecular flexibility index (Phi) is 4.11. The molecule has 2 rings (SSSR count). The van der Waals surface area contributed by atoms with Crippen LogP contribution in [0.4, 0.5) is 8.78 Å². The van der Waals surface area contributed by atoms with Gasteiger partial charge in [-0.3, -0.25) is 0 Å². The van der Waals surface area contributed by atoms with Crippen LogP contribution in [0.25, 0.3) is 0 Å². The number of nitrogens with one attached hydrogen (secondary N) is 1. The second-order valence-corrected chi connectivity index (χ2v) is 4.94. The fraction of sp³-hybridized carbons (Fsp3) is 0.571. The molecule has 1 aromatic carbocycles. The maximum atomic E-state index is 13.1. The van der Waals surface area contributed by atoms with Crippen LogP contribution in [-0.2, 0) is 6.42 Å². The number of hydrogen-bond acceptors (Lipinski definition) is 1. The van der Waals surface area contributed by atoms with E-state index in [2.05, 4.69) is 12.2 Å². The highest BCUT2D eigenvalue weighted by Crippen LogP contribution is 2.20. The van der Waals surface area contributed by atoms with Crippen LogP contribution in [0, 0.1) is 17.6 Å². The van der Waals surface area contributed by atoms with E-state index < -0.39 is 11.6 Å². The molecule has 3 heteroatoms. The van der Waals surface area contributed by atoms with Crippen molar-refractivity contribution in [3.05, 3.63) is 35.4 Å². The van der Waals surface area contributed by atoms with Crippen molar-refractivity contribution in [3.63, 3.8) is 0 Å². The monoisotopic (exact) mass is 239 g/mol. The highest BCUT2D eigenvalue weighted by Gasteiger charge is 2.21. The van der Waals surface area contributed by atoms with Crippen LogP contribution in [-0.4, -0.2) is 12.6 Å². The Morgan fingerprint density at radius 2 is 1.88 bits per heavy atom. The molecule has 1 atom stereocenters. The molecule has 0 aromatic heterocycles. The van der Waals surface area contributed by atoms with Crippen LogP contribution in [0.3, 0.4) is 0 Å². The van der Waals surface area contributed by atoms with Crippen molar-refractivity contribution in [2.45, 2.75) is 38.6 Å². The molecule has 1 fully saturated rings. The second-order valence-electron chi connectivity index (χ2n) is 4.94. The van der Waals surface area contributed by atoms with Gasteiger partial charge in [0.15, 0.2) is 0 Å². The minimum absolute atomic E-state index is 0.455. The van der Waals surface area contributed by atoms with Gasteiger partial charge >= 0.3 is 0 Å². The van der Waals surface area contributed by atoms with Crippen molar-refractivity contribution in [2.24, 2.45) is 5.92 Å². The van der Waals surface area contributed by atoms with Crippen LogP contribution < -0.4 is 5.32 Å². The quantitative estimate of drug-likeness (QED) is 0.803. The van der Waals surface area contributed by atoms with Gasteiger partial charge in [0, 0.05) is 12.1 Å². The van der Waals surface area contributed by atoms with Gasteiger partial charge in [-0.1, -0.05) is 13.3 Å². The predicted molar refractivity (Wildman–Crippen MR) is 64.9 cm³/mol. The van der Waals surface area contributed by atoms with E-state index in [1.807, 2.05) is 0 Å². The van der Waals surface area contributed by atoms with E-state index in [1.165, 1.54) is 25.0 Å². The topological polar surface area (TPSA) is 12.0 Å². The van der Waals surface area contributed by atoms with E-state index in [0.717, 1.165) is 31.0 Å². The highest BCUT2D eigenvalue weighted by molar-refractivity contribution is 5.18. The predicted octanol–water partition coefficient (Wildman–Crippen LogP) is 3.29. The first-order valence-corrected chi connectivity index (χ1v) is 6.35. The van der Waals surface area contributed by atoms with Gasteiger partial charge in [-0.05, 0) is 49.4 Å². The molecule has 0 heterocycles.